The average Bonchev–Trinajstić information content (AvgIpc) is 2.30. The summed E-state index contributed by atoms with van der Waals surface area (Å²) >= 11 is 0. The van der Waals surface area contributed by atoms with E-state index in [1.807, 2.05) is 27.7 Å². The molecular formula is C11H26N2O4Si. The highest BCUT2D eigenvalue weighted by Crippen LogP contribution is 2.21. The van der Waals surface area contributed by atoms with Gasteiger partial charge in [0.05, 0.1) is 0 Å². The van der Waals surface area contributed by atoms with Gasteiger partial charge in [-0.25, -0.2) is 4.79 Å². The minimum Gasteiger partial charge on any atom is -0.373 e. The van der Waals surface area contributed by atoms with Crippen LogP contribution in [0.5, 0.6) is 0 Å². The zero-order valence-electron chi connectivity index (χ0n) is 12.1. The third-order valence-corrected chi connectivity index (χ3v) is 6.33. The summed E-state index contributed by atoms with van der Waals surface area (Å²) in [6, 6.07) is -0.502. The SMILES string of the molecule is CCO[Si](OCC)(OCC)[C@H](CC)N(C)C(N)=O. The second-order valence-electron chi connectivity index (χ2n) is 3.78. The molecule has 0 aromatic rings. The Labute approximate surface area is 111 Å². The maximum absolute atomic E-state index is 11.4. The molecule has 0 aliphatic rings. The van der Waals surface area contributed by atoms with Crippen LogP contribution in [0.25, 0.3) is 0 Å². The van der Waals surface area contributed by atoms with Gasteiger partial charge in [0.15, 0.2) is 0 Å². The maximum atomic E-state index is 11.4. The monoisotopic (exact) mass is 278 g/mol. The second-order valence-corrected chi connectivity index (χ2v) is 6.52. The Balaban J connectivity index is 5.24. The Bertz CT molecular complexity index is 236. The molecule has 0 unspecified atom stereocenters. The van der Waals surface area contributed by atoms with Gasteiger partial charge in [-0.05, 0) is 27.2 Å². The van der Waals surface area contributed by atoms with Crippen LogP contribution in [0.15, 0.2) is 0 Å². The first kappa shape index (κ1) is 17.4. The Morgan fingerprint density at radius 3 is 1.72 bits per heavy atom. The van der Waals surface area contributed by atoms with E-state index in [1.54, 1.807) is 7.05 Å². The molecule has 0 aromatic carbocycles. The minimum atomic E-state index is -2.93. The third kappa shape index (κ3) is 4.24. The first-order valence-corrected chi connectivity index (χ1v) is 8.23. The summed E-state index contributed by atoms with van der Waals surface area (Å²) in [5, 5.41) is 0. The molecule has 0 radical (unpaired) electrons. The van der Waals surface area contributed by atoms with Crippen LogP contribution >= 0.6 is 0 Å². The highest BCUT2D eigenvalue weighted by Gasteiger charge is 2.51. The summed E-state index contributed by atoms with van der Waals surface area (Å²) in [5.74, 6) is 0. The molecule has 0 saturated heterocycles. The average molecular weight is 278 g/mol. The van der Waals surface area contributed by atoms with E-state index in [9.17, 15) is 4.79 Å². The van der Waals surface area contributed by atoms with E-state index in [0.717, 1.165) is 0 Å². The van der Waals surface area contributed by atoms with Gasteiger partial charge in [-0.15, -0.1) is 0 Å². The largest absolute Gasteiger partial charge is 0.524 e. The summed E-state index contributed by atoms with van der Waals surface area (Å²) in [6.07, 6.45) is 0.672. The number of hydrogen-bond acceptors (Lipinski definition) is 4. The molecule has 18 heavy (non-hydrogen) atoms. The van der Waals surface area contributed by atoms with E-state index < -0.39 is 14.8 Å². The van der Waals surface area contributed by atoms with Crippen molar-refractivity contribution < 1.29 is 18.1 Å². The highest BCUT2D eigenvalue weighted by molar-refractivity contribution is 6.62. The molecule has 1 atom stereocenters. The van der Waals surface area contributed by atoms with Crippen LogP contribution in [0.4, 0.5) is 4.79 Å². The quantitative estimate of drug-likeness (QED) is 0.646. The van der Waals surface area contributed by atoms with Crippen molar-refractivity contribution in [2.24, 2.45) is 5.73 Å². The van der Waals surface area contributed by atoms with E-state index in [0.29, 0.717) is 26.2 Å². The van der Waals surface area contributed by atoms with Crippen molar-refractivity contribution >= 4 is 14.8 Å². The van der Waals surface area contributed by atoms with Crippen molar-refractivity contribution in [2.45, 2.75) is 39.8 Å². The molecule has 0 rings (SSSR count). The van der Waals surface area contributed by atoms with E-state index in [2.05, 4.69) is 0 Å². The summed E-state index contributed by atoms with van der Waals surface area (Å²) in [7, 11) is -1.28. The Kier molecular flexibility index (Phi) is 8.17. The van der Waals surface area contributed by atoms with Gasteiger partial charge in [-0.3, -0.25) is 0 Å². The van der Waals surface area contributed by atoms with Gasteiger partial charge in [0, 0.05) is 26.9 Å². The summed E-state index contributed by atoms with van der Waals surface area (Å²) < 4.78 is 17.3. The number of urea groups is 1. The smallest absolute Gasteiger partial charge is 0.373 e. The van der Waals surface area contributed by atoms with Crippen molar-refractivity contribution in [3.05, 3.63) is 0 Å². The van der Waals surface area contributed by atoms with Crippen LogP contribution < -0.4 is 5.73 Å². The molecule has 0 aliphatic heterocycles. The zero-order valence-corrected chi connectivity index (χ0v) is 13.1. The van der Waals surface area contributed by atoms with Gasteiger partial charge < -0.3 is 23.9 Å². The molecule has 0 heterocycles. The van der Waals surface area contributed by atoms with E-state index in [-0.39, 0.29) is 5.67 Å². The van der Waals surface area contributed by atoms with Crippen molar-refractivity contribution in [3.8, 4) is 0 Å². The summed E-state index contributed by atoms with van der Waals surface area (Å²) in [4.78, 5) is 12.8. The molecule has 0 saturated carbocycles. The van der Waals surface area contributed by atoms with Crippen molar-refractivity contribution in [1.82, 2.24) is 4.90 Å². The normalized spacial score (nSPS) is 13.4. The van der Waals surface area contributed by atoms with Gasteiger partial charge >= 0.3 is 14.8 Å². The number of nitrogens with two attached hydrogens (primary N) is 1. The number of hydrogen-bond donors (Lipinski definition) is 1. The molecular weight excluding hydrogens is 252 g/mol. The lowest BCUT2D eigenvalue weighted by Crippen LogP contribution is -2.63. The van der Waals surface area contributed by atoms with E-state index >= 15 is 0 Å². The van der Waals surface area contributed by atoms with Crippen LogP contribution in [0.2, 0.25) is 0 Å². The number of carbonyl (C=O) groups is 1. The lowest BCUT2D eigenvalue weighted by molar-refractivity contribution is 0.0444. The van der Waals surface area contributed by atoms with Gasteiger partial charge in [0.25, 0.3) is 0 Å². The number of amides is 2. The second kappa shape index (κ2) is 8.47. The molecule has 0 spiro atoms. The first-order chi connectivity index (χ1) is 8.48. The van der Waals surface area contributed by atoms with E-state index in [1.165, 1.54) is 4.90 Å². The fourth-order valence-corrected chi connectivity index (χ4v) is 5.07. The number of rotatable bonds is 9. The van der Waals surface area contributed by atoms with Crippen molar-refractivity contribution in [1.29, 1.82) is 0 Å². The molecule has 0 bridgehead atoms. The molecule has 7 heteroatoms. The van der Waals surface area contributed by atoms with Crippen molar-refractivity contribution in [2.75, 3.05) is 26.9 Å². The molecule has 6 nitrogen and oxygen atoms in total. The Hall–Kier alpha value is -0.633. The van der Waals surface area contributed by atoms with Crippen LogP contribution in [-0.2, 0) is 13.3 Å². The third-order valence-electron chi connectivity index (χ3n) is 2.65. The first-order valence-electron chi connectivity index (χ1n) is 6.43. The standard InChI is InChI=1S/C11H26N2O4Si/c1-6-10(13(5)11(12)14)18(15-7-2,16-8-3)17-9-4/h10H,6-9H2,1-5H3,(H2,12,14)/t10-/m1/s1. The molecule has 0 fully saturated rings. The molecule has 0 aliphatic carbocycles. The maximum Gasteiger partial charge on any atom is 0.524 e. The van der Waals surface area contributed by atoms with Gasteiger partial charge in [-0.2, -0.15) is 0 Å². The van der Waals surface area contributed by atoms with Crippen LogP contribution in [0.3, 0.4) is 0 Å². The Morgan fingerprint density at radius 1 is 1.11 bits per heavy atom. The summed E-state index contributed by atoms with van der Waals surface area (Å²) in [6.45, 7) is 9.06. The van der Waals surface area contributed by atoms with Crippen molar-refractivity contribution in [3.63, 3.8) is 0 Å². The zero-order chi connectivity index (χ0) is 14.2. The predicted molar refractivity (Wildman–Crippen MR) is 72.1 cm³/mol. The Morgan fingerprint density at radius 2 is 1.50 bits per heavy atom. The van der Waals surface area contributed by atoms with Gasteiger partial charge in [-0.1, -0.05) is 6.92 Å². The minimum absolute atomic E-state index is 0.255. The molecule has 2 amide bonds. The molecule has 2 N–H and O–H groups in total. The number of primary amides is 1. The van der Waals surface area contributed by atoms with Crippen LogP contribution in [0, 0.1) is 0 Å². The van der Waals surface area contributed by atoms with E-state index in [4.69, 9.17) is 19.0 Å². The lowest BCUT2D eigenvalue weighted by atomic mass is 10.4. The van der Waals surface area contributed by atoms with Crippen LogP contribution in [0.1, 0.15) is 34.1 Å². The topological polar surface area (TPSA) is 74.0 Å². The lowest BCUT2D eigenvalue weighted by Gasteiger charge is -2.38. The molecule has 108 valence electrons. The fraction of sp³-hybridized carbons (Fsp3) is 0.909. The van der Waals surface area contributed by atoms with Gasteiger partial charge in [0.1, 0.15) is 5.67 Å². The molecule has 0 aromatic heterocycles. The predicted octanol–water partition coefficient (Wildman–Crippen LogP) is 1.36. The van der Waals surface area contributed by atoms with Gasteiger partial charge in [0.2, 0.25) is 0 Å². The number of carbonyl (C=O) groups excluding carboxylic acids is 1. The highest BCUT2D eigenvalue weighted by atomic mass is 28.4. The van der Waals surface area contributed by atoms with Crippen LogP contribution in [-0.4, -0.2) is 52.3 Å². The summed E-state index contributed by atoms with van der Waals surface area (Å²) in [5.41, 5.74) is 5.09. The fourth-order valence-electron chi connectivity index (χ4n) is 1.93. The number of nitrogens with zero attached hydrogens (tertiary/aromatic N) is 1.